The van der Waals surface area contributed by atoms with Crippen LogP contribution in [0.15, 0.2) is 42.5 Å². The van der Waals surface area contributed by atoms with Crippen LogP contribution in [0.25, 0.3) is 0 Å². The van der Waals surface area contributed by atoms with Crippen molar-refractivity contribution in [2.24, 2.45) is 0 Å². The van der Waals surface area contributed by atoms with E-state index in [0.717, 1.165) is 13.1 Å². The highest BCUT2D eigenvalue weighted by Gasteiger charge is 2.22. The van der Waals surface area contributed by atoms with Gasteiger partial charge in [0.1, 0.15) is 0 Å². The molecule has 0 saturated carbocycles. The Labute approximate surface area is 121 Å². The summed E-state index contributed by atoms with van der Waals surface area (Å²) >= 11 is 0. The van der Waals surface area contributed by atoms with Gasteiger partial charge in [-0.05, 0) is 44.0 Å². The van der Waals surface area contributed by atoms with Crippen molar-refractivity contribution < 1.29 is 0 Å². The van der Waals surface area contributed by atoms with Crippen LogP contribution in [0.3, 0.4) is 0 Å². The van der Waals surface area contributed by atoms with Gasteiger partial charge in [0.2, 0.25) is 0 Å². The fourth-order valence-corrected chi connectivity index (χ4v) is 2.87. The first-order valence-corrected chi connectivity index (χ1v) is 7.31. The average molecular weight is 266 g/mol. The molecule has 0 aliphatic carbocycles. The monoisotopic (exact) mass is 266 g/mol. The van der Waals surface area contributed by atoms with Gasteiger partial charge in [-0.2, -0.15) is 0 Å². The molecule has 104 valence electrons. The molecule has 0 radical (unpaired) electrons. The zero-order valence-electron chi connectivity index (χ0n) is 12.5. The molecule has 0 amide bonds. The number of nitrogens with zero attached hydrogens (tertiary/aromatic N) is 1. The molecule has 3 rings (SSSR count). The Bertz CT molecular complexity index is 619. The van der Waals surface area contributed by atoms with Crippen molar-refractivity contribution in [3.05, 3.63) is 59.2 Å². The van der Waals surface area contributed by atoms with Crippen LogP contribution >= 0.6 is 0 Å². The van der Waals surface area contributed by atoms with Crippen LogP contribution in [0.2, 0.25) is 0 Å². The smallest absolute Gasteiger partial charge is 0.0608 e. The Hall–Kier alpha value is -1.96. The minimum atomic E-state index is 0.504. The summed E-state index contributed by atoms with van der Waals surface area (Å²) in [5.74, 6) is 0. The summed E-state index contributed by atoms with van der Waals surface area (Å²) in [6.07, 6.45) is 0. The van der Waals surface area contributed by atoms with Gasteiger partial charge in [0, 0.05) is 19.1 Å². The first-order valence-electron chi connectivity index (χ1n) is 7.31. The van der Waals surface area contributed by atoms with Gasteiger partial charge >= 0.3 is 0 Å². The van der Waals surface area contributed by atoms with Gasteiger partial charge in [0.05, 0.1) is 11.4 Å². The van der Waals surface area contributed by atoms with E-state index in [2.05, 4.69) is 73.5 Å². The molecule has 0 spiro atoms. The van der Waals surface area contributed by atoms with Gasteiger partial charge in [-0.25, -0.2) is 0 Å². The van der Waals surface area contributed by atoms with Crippen LogP contribution in [0, 0.1) is 13.8 Å². The summed E-state index contributed by atoms with van der Waals surface area (Å²) in [6, 6.07) is 15.8. The molecule has 2 heteroatoms. The van der Waals surface area contributed by atoms with Gasteiger partial charge in [0.15, 0.2) is 0 Å². The lowest BCUT2D eigenvalue weighted by Gasteiger charge is -2.38. The third-order valence-electron chi connectivity index (χ3n) is 4.18. The standard InChI is InChI=1S/C18H22N2/c1-13-8-9-14(2)16(10-13)12-20-15(3)11-19-17-6-4-5-7-18(17)20/h4-10,15,19H,11-12H2,1-3H3. The van der Waals surface area contributed by atoms with Crippen molar-refractivity contribution in [2.45, 2.75) is 33.4 Å². The molecule has 2 aromatic carbocycles. The minimum Gasteiger partial charge on any atom is -0.381 e. The minimum absolute atomic E-state index is 0.504. The Morgan fingerprint density at radius 1 is 1.15 bits per heavy atom. The van der Waals surface area contributed by atoms with Gasteiger partial charge < -0.3 is 10.2 Å². The van der Waals surface area contributed by atoms with Crippen LogP contribution in [0.1, 0.15) is 23.6 Å². The molecule has 0 aromatic heterocycles. The number of anilines is 2. The molecule has 1 unspecified atom stereocenters. The molecule has 1 N–H and O–H groups in total. The summed E-state index contributed by atoms with van der Waals surface area (Å²) in [4.78, 5) is 2.51. The molecule has 1 heterocycles. The predicted molar refractivity (Wildman–Crippen MR) is 86.5 cm³/mol. The second kappa shape index (κ2) is 5.20. The van der Waals surface area contributed by atoms with E-state index in [9.17, 15) is 0 Å². The van der Waals surface area contributed by atoms with Gasteiger partial charge in [-0.15, -0.1) is 0 Å². The lowest BCUT2D eigenvalue weighted by Crippen LogP contribution is -2.41. The lowest BCUT2D eigenvalue weighted by molar-refractivity contribution is 0.640. The number of hydrogen-bond donors (Lipinski definition) is 1. The number of rotatable bonds is 2. The Kier molecular flexibility index (Phi) is 3.39. The van der Waals surface area contributed by atoms with Crippen molar-refractivity contribution in [2.75, 3.05) is 16.8 Å². The largest absolute Gasteiger partial charge is 0.381 e. The van der Waals surface area contributed by atoms with Crippen molar-refractivity contribution in [1.29, 1.82) is 0 Å². The number of para-hydroxylation sites is 2. The molecule has 1 aliphatic rings. The van der Waals surface area contributed by atoms with Crippen molar-refractivity contribution in [1.82, 2.24) is 0 Å². The highest BCUT2D eigenvalue weighted by Crippen LogP contribution is 2.32. The Balaban J connectivity index is 1.95. The van der Waals surface area contributed by atoms with Crippen molar-refractivity contribution in [3.63, 3.8) is 0 Å². The maximum Gasteiger partial charge on any atom is 0.0608 e. The van der Waals surface area contributed by atoms with E-state index in [1.54, 1.807) is 0 Å². The third-order valence-corrected chi connectivity index (χ3v) is 4.18. The summed E-state index contributed by atoms with van der Waals surface area (Å²) in [5, 5.41) is 3.51. The molecular weight excluding hydrogens is 244 g/mol. The topological polar surface area (TPSA) is 15.3 Å². The lowest BCUT2D eigenvalue weighted by atomic mass is 10.0. The highest BCUT2D eigenvalue weighted by atomic mass is 15.2. The fourth-order valence-electron chi connectivity index (χ4n) is 2.87. The molecule has 20 heavy (non-hydrogen) atoms. The fraction of sp³-hybridized carbons (Fsp3) is 0.333. The number of fused-ring (bicyclic) bond motifs is 1. The van der Waals surface area contributed by atoms with Crippen molar-refractivity contribution >= 4 is 11.4 Å². The highest BCUT2D eigenvalue weighted by molar-refractivity contribution is 5.72. The Morgan fingerprint density at radius 3 is 2.80 bits per heavy atom. The summed E-state index contributed by atoms with van der Waals surface area (Å²) in [5.41, 5.74) is 6.69. The molecule has 1 atom stereocenters. The van der Waals surface area contributed by atoms with Crippen LogP contribution in [-0.4, -0.2) is 12.6 Å². The summed E-state index contributed by atoms with van der Waals surface area (Å²) < 4.78 is 0. The van der Waals surface area contributed by atoms with Crippen LogP contribution < -0.4 is 10.2 Å². The number of aryl methyl sites for hydroxylation is 2. The molecule has 2 aromatic rings. The second-order valence-corrected chi connectivity index (χ2v) is 5.80. The maximum atomic E-state index is 3.51. The molecular formula is C18H22N2. The van der Waals surface area contributed by atoms with E-state index in [1.165, 1.54) is 28.1 Å². The van der Waals surface area contributed by atoms with Crippen LogP contribution in [0.5, 0.6) is 0 Å². The average Bonchev–Trinajstić information content (AvgIpc) is 2.46. The maximum absolute atomic E-state index is 3.51. The van der Waals surface area contributed by atoms with E-state index in [4.69, 9.17) is 0 Å². The molecule has 1 aliphatic heterocycles. The zero-order valence-corrected chi connectivity index (χ0v) is 12.5. The van der Waals surface area contributed by atoms with Crippen LogP contribution in [-0.2, 0) is 6.54 Å². The van der Waals surface area contributed by atoms with E-state index in [0.29, 0.717) is 6.04 Å². The first kappa shape index (κ1) is 13.0. The normalized spacial score (nSPS) is 17.6. The predicted octanol–water partition coefficient (Wildman–Crippen LogP) is 4.12. The Morgan fingerprint density at radius 2 is 1.95 bits per heavy atom. The van der Waals surface area contributed by atoms with Gasteiger partial charge in [-0.3, -0.25) is 0 Å². The summed E-state index contributed by atoms with van der Waals surface area (Å²) in [7, 11) is 0. The second-order valence-electron chi connectivity index (χ2n) is 5.80. The molecule has 0 fully saturated rings. The van der Waals surface area contributed by atoms with Crippen molar-refractivity contribution in [3.8, 4) is 0 Å². The van der Waals surface area contributed by atoms with Gasteiger partial charge in [-0.1, -0.05) is 35.9 Å². The van der Waals surface area contributed by atoms with E-state index in [-0.39, 0.29) is 0 Å². The van der Waals surface area contributed by atoms with Crippen LogP contribution in [0.4, 0.5) is 11.4 Å². The first-order chi connectivity index (χ1) is 9.65. The molecule has 2 nitrogen and oxygen atoms in total. The molecule has 0 saturated heterocycles. The SMILES string of the molecule is Cc1ccc(C)c(CN2c3ccccc3NCC2C)c1. The van der Waals surface area contributed by atoms with E-state index in [1.807, 2.05) is 0 Å². The number of benzene rings is 2. The quantitative estimate of drug-likeness (QED) is 0.879. The van der Waals surface area contributed by atoms with Gasteiger partial charge in [0.25, 0.3) is 0 Å². The number of nitrogens with one attached hydrogen (secondary N) is 1. The summed E-state index contributed by atoms with van der Waals surface area (Å²) in [6.45, 7) is 8.63. The zero-order chi connectivity index (χ0) is 14.1. The molecule has 0 bridgehead atoms. The van der Waals surface area contributed by atoms with E-state index < -0.39 is 0 Å². The number of hydrogen-bond acceptors (Lipinski definition) is 2. The van der Waals surface area contributed by atoms with E-state index >= 15 is 0 Å². The third kappa shape index (κ3) is 2.38.